The van der Waals surface area contributed by atoms with Crippen molar-refractivity contribution < 1.29 is 19.0 Å². The molecule has 0 bridgehead atoms. The molecule has 0 radical (unpaired) electrons. The second kappa shape index (κ2) is 8.78. The number of guanidine groups is 1. The summed E-state index contributed by atoms with van der Waals surface area (Å²) in [6, 6.07) is 6.03. The van der Waals surface area contributed by atoms with Crippen LogP contribution >= 0.6 is 0 Å². The van der Waals surface area contributed by atoms with Crippen LogP contribution in [0, 0.1) is 5.92 Å². The highest BCUT2D eigenvalue weighted by atomic mass is 16.7. The van der Waals surface area contributed by atoms with Gasteiger partial charge in [-0.25, -0.2) is 0 Å². The summed E-state index contributed by atoms with van der Waals surface area (Å²) in [6.07, 6.45) is 2.48. The molecule has 142 valence electrons. The van der Waals surface area contributed by atoms with Gasteiger partial charge in [-0.15, -0.1) is 0 Å². The number of piperidine rings is 1. The van der Waals surface area contributed by atoms with E-state index in [1.165, 1.54) is 5.56 Å². The maximum absolute atomic E-state index is 11.8. The molecule has 0 saturated carbocycles. The molecule has 7 nitrogen and oxygen atoms in total. The van der Waals surface area contributed by atoms with E-state index >= 15 is 0 Å². The van der Waals surface area contributed by atoms with Crippen LogP contribution in [0.15, 0.2) is 23.2 Å². The molecule has 3 rings (SSSR count). The van der Waals surface area contributed by atoms with Crippen molar-refractivity contribution in [1.82, 2.24) is 10.2 Å². The summed E-state index contributed by atoms with van der Waals surface area (Å²) in [5.41, 5.74) is 1.19. The Kier molecular flexibility index (Phi) is 6.20. The number of likely N-dealkylation sites (tertiary alicyclic amines) is 1. The van der Waals surface area contributed by atoms with Crippen LogP contribution in [0.4, 0.5) is 0 Å². The van der Waals surface area contributed by atoms with Gasteiger partial charge in [0.05, 0.1) is 12.5 Å². The number of hydrogen-bond donors (Lipinski definition) is 1. The van der Waals surface area contributed by atoms with E-state index in [0.717, 1.165) is 56.4 Å². The Hall–Kier alpha value is -2.44. The van der Waals surface area contributed by atoms with Crippen LogP contribution < -0.4 is 14.8 Å². The number of ether oxygens (including phenoxy) is 3. The first-order valence-corrected chi connectivity index (χ1v) is 9.22. The molecule has 7 heteroatoms. The van der Waals surface area contributed by atoms with Crippen molar-refractivity contribution in [2.24, 2.45) is 10.9 Å². The predicted octanol–water partition coefficient (Wildman–Crippen LogP) is 1.81. The number of hydrogen-bond acceptors (Lipinski definition) is 5. The third-order valence-corrected chi connectivity index (χ3v) is 4.76. The third-order valence-electron chi connectivity index (χ3n) is 4.76. The minimum Gasteiger partial charge on any atom is -0.466 e. The number of rotatable bonds is 5. The normalized spacial score (nSPS) is 17.3. The number of benzene rings is 1. The number of carbonyl (C=O) groups is 1. The summed E-state index contributed by atoms with van der Waals surface area (Å²) in [7, 11) is 1.79. The molecule has 26 heavy (non-hydrogen) atoms. The molecule has 0 amide bonds. The summed E-state index contributed by atoms with van der Waals surface area (Å²) in [4.78, 5) is 18.4. The molecule has 1 aromatic rings. The second-order valence-electron chi connectivity index (χ2n) is 6.42. The molecular weight excluding hydrogens is 334 g/mol. The Morgan fingerprint density at radius 1 is 1.31 bits per heavy atom. The zero-order chi connectivity index (χ0) is 18.4. The zero-order valence-corrected chi connectivity index (χ0v) is 15.5. The van der Waals surface area contributed by atoms with E-state index in [2.05, 4.69) is 21.3 Å². The predicted molar refractivity (Wildman–Crippen MR) is 98.6 cm³/mol. The average Bonchev–Trinajstić information content (AvgIpc) is 3.13. The van der Waals surface area contributed by atoms with Crippen LogP contribution in [0.3, 0.4) is 0 Å². The molecule has 0 atom stereocenters. The Morgan fingerprint density at radius 3 is 2.81 bits per heavy atom. The summed E-state index contributed by atoms with van der Waals surface area (Å²) in [6.45, 7) is 5.00. The van der Waals surface area contributed by atoms with Crippen molar-refractivity contribution in [3.63, 3.8) is 0 Å². The molecule has 2 heterocycles. The van der Waals surface area contributed by atoms with Gasteiger partial charge in [0.1, 0.15) is 0 Å². The van der Waals surface area contributed by atoms with Crippen molar-refractivity contribution >= 4 is 11.9 Å². The van der Waals surface area contributed by atoms with E-state index in [4.69, 9.17) is 14.2 Å². The van der Waals surface area contributed by atoms with Gasteiger partial charge >= 0.3 is 5.97 Å². The van der Waals surface area contributed by atoms with Gasteiger partial charge in [-0.3, -0.25) is 9.79 Å². The number of nitrogens with zero attached hydrogens (tertiary/aromatic N) is 2. The highest BCUT2D eigenvalue weighted by Crippen LogP contribution is 2.32. The quantitative estimate of drug-likeness (QED) is 0.490. The first kappa shape index (κ1) is 18.4. The van der Waals surface area contributed by atoms with Crippen molar-refractivity contribution in [2.45, 2.75) is 26.2 Å². The van der Waals surface area contributed by atoms with Crippen LogP contribution in [0.1, 0.15) is 25.3 Å². The van der Waals surface area contributed by atoms with Gasteiger partial charge in [0.25, 0.3) is 0 Å². The SMILES string of the molecule is CCOC(=O)C1CCN(C(=NC)NCCc2ccc3c(c2)OCO3)CC1. The number of nitrogens with one attached hydrogen (secondary N) is 1. The lowest BCUT2D eigenvalue weighted by Crippen LogP contribution is -2.47. The molecule has 1 saturated heterocycles. The van der Waals surface area contributed by atoms with Crippen LogP contribution in [0.2, 0.25) is 0 Å². The van der Waals surface area contributed by atoms with Gasteiger partial charge < -0.3 is 24.4 Å². The fourth-order valence-electron chi connectivity index (χ4n) is 3.33. The smallest absolute Gasteiger partial charge is 0.309 e. The maximum Gasteiger partial charge on any atom is 0.309 e. The summed E-state index contributed by atoms with van der Waals surface area (Å²) < 4.78 is 15.9. The van der Waals surface area contributed by atoms with Gasteiger partial charge in [-0.1, -0.05) is 6.07 Å². The average molecular weight is 361 g/mol. The van der Waals surface area contributed by atoms with Crippen molar-refractivity contribution in [3.8, 4) is 11.5 Å². The van der Waals surface area contributed by atoms with E-state index in [9.17, 15) is 4.79 Å². The van der Waals surface area contributed by atoms with E-state index in [1.54, 1.807) is 7.05 Å². The first-order valence-electron chi connectivity index (χ1n) is 9.22. The Balaban J connectivity index is 1.44. The van der Waals surface area contributed by atoms with Crippen LogP contribution in [-0.2, 0) is 16.0 Å². The van der Waals surface area contributed by atoms with Crippen molar-refractivity contribution in [3.05, 3.63) is 23.8 Å². The standard InChI is InChI=1S/C19H27N3O4/c1-3-24-18(23)15-7-10-22(11-8-15)19(20-2)21-9-6-14-4-5-16-17(12-14)26-13-25-16/h4-5,12,15H,3,6-11,13H2,1-2H3,(H,20,21). The van der Waals surface area contributed by atoms with E-state index < -0.39 is 0 Å². The molecule has 1 aromatic carbocycles. The highest BCUT2D eigenvalue weighted by molar-refractivity contribution is 5.80. The van der Waals surface area contributed by atoms with Gasteiger partial charge in [0, 0.05) is 26.7 Å². The van der Waals surface area contributed by atoms with Crippen molar-refractivity contribution in [1.29, 1.82) is 0 Å². The van der Waals surface area contributed by atoms with Gasteiger partial charge in [-0.05, 0) is 43.9 Å². The molecule has 0 aliphatic carbocycles. The summed E-state index contributed by atoms with van der Waals surface area (Å²) in [5, 5.41) is 3.41. The van der Waals surface area contributed by atoms with E-state index in [1.807, 2.05) is 19.1 Å². The Morgan fingerprint density at radius 2 is 2.08 bits per heavy atom. The minimum absolute atomic E-state index is 0.0120. The zero-order valence-electron chi connectivity index (χ0n) is 15.5. The monoisotopic (exact) mass is 361 g/mol. The maximum atomic E-state index is 11.8. The fraction of sp³-hybridized carbons (Fsp3) is 0.579. The topological polar surface area (TPSA) is 72.4 Å². The molecule has 1 N–H and O–H groups in total. The molecule has 0 unspecified atom stereocenters. The highest BCUT2D eigenvalue weighted by Gasteiger charge is 2.27. The van der Waals surface area contributed by atoms with Crippen LogP contribution in [0.25, 0.3) is 0 Å². The largest absolute Gasteiger partial charge is 0.466 e. The Labute approximate surface area is 154 Å². The van der Waals surface area contributed by atoms with Gasteiger partial charge in [0.2, 0.25) is 6.79 Å². The number of aliphatic imine (C=N–C) groups is 1. The number of esters is 1. The van der Waals surface area contributed by atoms with Crippen LogP contribution in [0.5, 0.6) is 11.5 Å². The lowest BCUT2D eigenvalue weighted by molar-refractivity contribution is -0.149. The minimum atomic E-state index is -0.0714. The van der Waals surface area contributed by atoms with Crippen molar-refractivity contribution in [2.75, 3.05) is 40.1 Å². The number of fused-ring (bicyclic) bond motifs is 1. The third kappa shape index (κ3) is 4.39. The summed E-state index contributed by atoms with van der Waals surface area (Å²) in [5.74, 6) is 2.44. The molecule has 1 fully saturated rings. The van der Waals surface area contributed by atoms with Gasteiger partial charge in [0.15, 0.2) is 17.5 Å². The first-order chi connectivity index (χ1) is 12.7. The van der Waals surface area contributed by atoms with E-state index in [-0.39, 0.29) is 11.9 Å². The molecule has 2 aliphatic heterocycles. The number of carbonyl (C=O) groups excluding carboxylic acids is 1. The summed E-state index contributed by atoms with van der Waals surface area (Å²) >= 11 is 0. The van der Waals surface area contributed by atoms with Crippen LogP contribution in [-0.4, -0.2) is 56.9 Å². The molecule has 0 aromatic heterocycles. The lowest BCUT2D eigenvalue weighted by Gasteiger charge is -2.33. The molecule has 0 spiro atoms. The fourth-order valence-corrected chi connectivity index (χ4v) is 3.33. The van der Waals surface area contributed by atoms with E-state index in [0.29, 0.717) is 13.4 Å². The van der Waals surface area contributed by atoms with Gasteiger partial charge in [-0.2, -0.15) is 0 Å². The Bertz CT molecular complexity index is 654. The molecular formula is C19H27N3O4. The lowest BCUT2D eigenvalue weighted by atomic mass is 9.97. The molecule has 2 aliphatic rings. The second-order valence-corrected chi connectivity index (χ2v) is 6.42.